The summed E-state index contributed by atoms with van der Waals surface area (Å²) in [7, 11) is 0. The highest BCUT2D eigenvalue weighted by atomic mass is 16.3. The van der Waals surface area contributed by atoms with Crippen LogP contribution in [0.15, 0.2) is 0 Å². The average molecular weight is 181 g/mol. The molecule has 0 spiro atoms. The predicted octanol–water partition coefficient (Wildman–Crippen LogP) is 1.10. The molecule has 74 valence electrons. The van der Waals surface area contributed by atoms with Gasteiger partial charge in [0, 0.05) is 18.6 Å². The van der Waals surface area contributed by atoms with Gasteiger partial charge < -0.3 is 5.11 Å². The van der Waals surface area contributed by atoms with Gasteiger partial charge >= 0.3 is 0 Å². The lowest BCUT2D eigenvalue weighted by atomic mass is 9.88. The van der Waals surface area contributed by atoms with E-state index in [4.69, 9.17) is 0 Å². The van der Waals surface area contributed by atoms with Gasteiger partial charge in [-0.1, -0.05) is 0 Å². The summed E-state index contributed by atoms with van der Waals surface area (Å²) < 4.78 is 0. The number of aliphatic hydroxyl groups excluding tert-OH is 1. The van der Waals surface area contributed by atoms with Crippen LogP contribution in [0, 0.1) is 17.8 Å². The summed E-state index contributed by atoms with van der Waals surface area (Å²) in [6.45, 7) is 5.76. The van der Waals surface area contributed by atoms with Crippen molar-refractivity contribution in [3.05, 3.63) is 0 Å². The maximum absolute atomic E-state index is 10.1. The zero-order valence-corrected chi connectivity index (χ0v) is 8.48. The van der Waals surface area contributed by atoms with E-state index in [2.05, 4.69) is 18.7 Å². The van der Waals surface area contributed by atoms with Crippen LogP contribution in [0.2, 0.25) is 0 Å². The Kier molecular flexibility index (Phi) is 1.58. The van der Waals surface area contributed by atoms with Crippen molar-refractivity contribution in [1.82, 2.24) is 4.90 Å². The molecule has 2 aliphatic carbocycles. The van der Waals surface area contributed by atoms with Gasteiger partial charge in [-0.3, -0.25) is 4.90 Å². The molecule has 5 unspecified atom stereocenters. The molecule has 2 bridgehead atoms. The second-order valence-electron chi connectivity index (χ2n) is 5.43. The molecule has 1 N–H and O–H groups in total. The van der Waals surface area contributed by atoms with Crippen molar-refractivity contribution in [2.75, 3.05) is 6.54 Å². The zero-order chi connectivity index (χ0) is 9.16. The van der Waals surface area contributed by atoms with Crippen LogP contribution in [0.3, 0.4) is 0 Å². The monoisotopic (exact) mass is 181 g/mol. The second kappa shape index (κ2) is 2.48. The summed E-state index contributed by atoms with van der Waals surface area (Å²) in [4.78, 5) is 2.53. The first kappa shape index (κ1) is 8.25. The third-order valence-corrected chi connectivity index (χ3v) is 4.55. The predicted molar refractivity (Wildman–Crippen MR) is 51.3 cm³/mol. The van der Waals surface area contributed by atoms with Gasteiger partial charge in [0.25, 0.3) is 0 Å². The average Bonchev–Trinajstić information content (AvgIpc) is 2.60. The van der Waals surface area contributed by atoms with Crippen molar-refractivity contribution < 1.29 is 5.11 Å². The fraction of sp³-hybridized carbons (Fsp3) is 1.00. The lowest BCUT2D eigenvalue weighted by Crippen LogP contribution is -2.43. The largest absolute Gasteiger partial charge is 0.391 e. The molecule has 5 atom stereocenters. The topological polar surface area (TPSA) is 23.5 Å². The Morgan fingerprint density at radius 2 is 2.00 bits per heavy atom. The smallest absolute Gasteiger partial charge is 0.0726 e. The van der Waals surface area contributed by atoms with Gasteiger partial charge in [-0.25, -0.2) is 0 Å². The highest BCUT2D eigenvalue weighted by molar-refractivity contribution is 5.11. The molecule has 0 radical (unpaired) electrons. The van der Waals surface area contributed by atoms with Crippen LogP contribution in [0.5, 0.6) is 0 Å². The van der Waals surface area contributed by atoms with Crippen LogP contribution in [-0.4, -0.2) is 34.7 Å². The van der Waals surface area contributed by atoms with Gasteiger partial charge in [0.1, 0.15) is 0 Å². The standard InChI is InChI=1S/C11H19NO/c1-6(2)12-5-8-3-7-4-9(8)10(12)11(7)13/h6-11,13H,3-5H2,1-2H3. The van der Waals surface area contributed by atoms with Gasteiger partial charge in [0.15, 0.2) is 0 Å². The van der Waals surface area contributed by atoms with E-state index in [1.807, 2.05) is 0 Å². The van der Waals surface area contributed by atoms with Crippen molar-refractivity contribution in [3.8, 4) is 0 Å². The minimum atomic E-state index is -0.00819. The zero-order valence-electron chi connectivity index (χ0n) is 8.48. The van der Waals surface area contributed by atoms with Crippen molar-refractivity contribution in [3.63, 3.8) is 0 Å². The van der Waals surface area contributed by atoms with E-state index in [9.17, 15) is 5.11 Å². The van der Waals surface area contributed by atoms with E-state index in [0.29, 0.717) is 18.0 Å². The quantitative estimate of drug-likeness (QED) is 0.654. The number of rotatable bonds is 1. The second-order valence-corrected chi connectivity index (χ2v) is 5.43. The van der Waals surface area contributed by atoms with Crippen LogP contribution in [-0.2, 0) is 0 Å². The van der Waals surface area contributed by atoms with Gasteiger partial charge in [-0.05, 0) is 44.4 Å². The normalized spacial score (nSPS) is 54.0. The molecule has 0 amide bonds. The maximum Gasteiger partial charge on any atom is 0.0726 e. The number of fused-ring (bicyclic) bond motifs is 1. The van der Waals surface area contributed by atoms with Crippen molar-refractivity contribution in [2.45, 2.75) is 44.9 Å². The van der Waals surface area contributed by atoms with Gasteiger partial charge in [-0.2, -0.15) is 0 Å². The van der Waals surface area contributed by atoms with Crippen molar-refractivity contribution in [2.24, 2.45) is 17.8 Å². The summed E-state index contributed by atoms with van der Waals surface area (Å²) in [5.41, 5.74) is 0. The molecule has 3 aliphatic rings. The van der Waals surface area contributed by atoms with Crippen LogP contribution >= 0.6 is 0 Å². The molecule has 2 heteroatoms. The first-order valence-corrected chi connectivity index (χ1v) is 5.62. The SMILES string of the molecule is CC(C)N1CC2CC3CC2C1C3O. The molecule has 1 saturated heterocycles. The Morgan fingerprint density at radius 1 is 1.23 bits per heavy atom. The molecule has 0 aromatic carbocycles. The fourth-order valence-corrected chi connectivity index (χ4v) is 4.03. The number of likely N-dealkylation sites (tertiary alicyclic amines) is 1. The van der Waals surface area contributed by atoms with Crippen molar-refractivity contribution >= 4 is 0 Å². The molecular formula is C11H19NO. The van der Waals surface area contributed by atoms with Crippen LogP contribution < -0.4 is 0 Å². The third kappa shape index (κ3) is 0.909. The van der Waals surface area contributed by atoms with Crippen LogP contribution in [0.25, 0.3) is 0 Å². The Balaban J connectivity index is 1.90. The van der Waals surface area contributed by atoms with E-state index in [1.165, 1.54) is 19.4 Å². The molecule has 3 fully saturated rings. The van der Waals surface area contributed by atoms with Gasteiger partial charge in [0.05, 0.1) is 6.10 Å². The maximum atomic E-state index is 10.1. The Hall–Kier alpha value is -0.0800. The molecule has 13 heavy (non-hydrogen) atoms. The lowest BCUT2D eigenvalue weighted by Gasteiger charge is -2.31. The van der Waals surface area contributed by atoms with Crippen molar-refractivity contribution in [1.29, 1.82) is 0 Å². The summed E-state index contributed by atoms with van der Waals surface area (Å²) >= 11 is 0. The number of hydrogen-bond acceptors (Lipinski definition) is 2. The van der Waals surface area contributed by atoms with E-state index in [-0.39, 0.29) is 6.10 Å². The first-order valence-electron chi connectivity index (χ1n) is 5.62. The number of hydrogen-bond donors (Lipinski definition) is 1. The van der Waals surface area contributed by atoms with E-state index < -0.39 is 0 Å². The summed E-state index contributed by atoms with van der Waals surface area (Å²) in [6, 6.07) is 1.13. The van der Waals surface area contributed by atoms with E-state index in [1.54, 1.807) is 0 Å². The molecular weight excluding hydrogens is 162 g/mol. The molecule has 2 nitrogen and oxygen atoms in total. The fourth-order valence-electron chi connectivity index (χ4n) is 4.03. The van der Waals surface area contributed by atoms with Gasteiger partial charge in [-0.15, -0.1) is 0 Å². The number of nitrogens with zero attached hydrogens (tertiary/aromatic N) is 1. The molecule has 1 heterocycles. The molecule has 3 rings (SSSR count). The molecule has 0 aromatic heterocycles. The van der Waals surface area contributed by atoms with Gasteiger partial charge in [0.2, 0.25) is 0 Å². The minimum Gasteiger partial charge on any atom is -0.391 e. The summed E-state index contributed by atoms with van der Waals surface area (Å²) in [5.74, 6) is 2.40. The molecule has 0 aromatic rings. The molecule has 1 aliphatic heterocycles. The summed E-state index contributed by atoms with van der Waals surface area (Å²) in [6.07, 6.45) is 2.59. The Labute approximate surface area is 79.9 Å². The Bertz CT molecular complexity index is 226. The van der Waals surface area contributed by atoms with E-state index >= 15 is 0 Å². The number of aliphatic hydroxyl groups is 1. The summed E-state index contributed by atoms with van der Waals surface area (Å²) in [5, 5.41) is 10.1. The lowest BCUT2D eigenvalue weighted by molar-refractivity contribution is 0.0403. The highest BCUT2D eigenvalue weighted by Crippen LogP contribution is 2.55. The Morgan fingerprint density at radius 3 is 2.62 bits per heavy atom. The third-order valence-electron chi connectivity index (χ3n) is 4.55. The van der Waals surface area contributed by atoms with Crippen LogP contribution in [0.1, 0.15) is 26.7 Å². The minimum absolute atomic E-state index is 0.00819. The van der Waals surface area contributed by atoms with Crippen LogP contribution in [0.4, 0.5) is 0 Å². The highest BCUT2D eigenvalue weighted by Gasteiger charge is 2.58. The molecule has 2 saturated carbocycles. The first-order chi connectivity index (χ1) is 6.18. The van der Waals surface area contributed by atoms with E-state index in [0.717, 1.165) is 11.8 Å².